The average Bonchev–Trinajstić information content (AvgIpc) is 2.83. The van der Waals surface area contributed by atoms with Gasteiger partial charge >= 0.3 is 5.97 Å². The largest absolute Gasteiger partial charge is 0.476 e. The summed E-state index contributed by atoms with van der Waals surface area (Å²) in [6, 6.07) is 0. The first-order chi connectivity index (χ1) is 7.72. The Kier molecular flexibility index (Phi) is 3.59. The second kappa shape index (κ2) is 4.95. The zero-order valence-electron chi connectivity index (χ0n) is 9.53. The van der Waals surface area contributed by atoms with E-state index in [1.165, 1.54) is 12.8 Å². The fraction of sp³-hybridized carbons (Fsp3) is 0.667. The highest BCUT2D eigenvalue weighted by molar-refractivity contribution is 7.12. The van der Waals surface area contributed by atoms with Crippen LogP contribution in [0.1, 0.15) is 65.3 Å². The number of carboxylic acid groups (broad SMARTS) is 1. The molecule has 88 valence electrons. The molecule has 1 N–H and O–H groups in total. The van der Waals surface area contributed by atoms with Crippen LogP contribution in [0.4, 0.5) is 0 Å². The van der Waals surface area contributed by atoms with Crippen LogP contribution in [-0.4, -0.2) is 16.1 Å². The van der Waals surface area contributed by atoms with Gasteiger partial charge in [-0.1, -0.05) is 19.8 Å². The van der Waals surface area contributed by atoms with E-state index in [1.807, 2.05) is 0 Å². The predicted molar refractivity (Wildman–Crippen MR) is 64.3 cm³/mol. The Morgan fingerprint density at radius 1 is 1.50 bits per heavy atom. The minimum atomic E-state index is -0.861. The van der Waals surface area contributed by atoms with Crippen molar-refractivity contribution in [3.63, 3.8) is 0 Å². The number of aromatic carboxylic acids is 1. The predicted octanol–water partition coefficient (Wildman–Crippen LogP) is 3.45. The molecule has 0 aliphatic heterocycles. The Labute approximate surface area is 99.5 Å². The number of thiazole rings is 1. The summed E-state index contributed by atoms with van der Waals surface area (Å²) in [6.45, 7) is 2.09. The molecule has 2 rings (SSSR count). The molecule has 1 aliphatic rings. The van der Waals surface area contributed by atoms with Crippen LogP contribution in [0.5, 0.6) is 0 Å². The highest BCUT2D eigenvalue weighted by Crippen LogP contribution is 2.39. The first-order valence-electron chi connectivity index (χ1n) is 5.95. The van der Waals surface area contributed by atoms with Crippen LogP contribution in [0, 0.1) is 0 Å². The van der Waals surface area contributed by atoms with Crippen molar-refractivity contribution in [1.29, 1.82) is 0 Å². The SMILES string of the molecule is CCCc1nc(C(=O)O)c(C2CCCC2)s1. The van der Waals surface area contributed by atoms with Crippen LogP contribution in [0.25, 0.3) is 0 Å². The van der Waals surface area contributed by atoms with Crippen LogP contribution in [0.3, 0.4) is 0 Å². The number of nitrogens with zero attached hydrogens (tertiary/aromatic N) is 1. The van der Waals surface area contributed by atoms with E-state index in [0.29, 0.717) is 11.6 Å². The number of carboxylic acids is 1. The van der Waals surface area contributed by atoms with Gasteiger partial charge in [0, 0.05) is 4.88 Å². The third kappa shape index (κ3) is 2.26. The van der Waals surface area contributed by atoms with Crippen molar-refractivity contribution in [2.24, 2.45) is 0 Å². The van der Waals surface area contributed by atoms with Crippen molar-refractivity contribution in [2.75, 3.05) is 0 Å². The molecule has 1 fully saturated rings. The molecule has 0 atom stereocenters. The molecule has 0 spiro atoms. The number of hydrogen-bond donors (Lipinski definition) is 1. The summed E-state index contributed by atoms with van der Waals surface area (Å²) in [7, 11) is 0. The molecule has 0 amide bonds. The summed E-state index contributed by atoms with van der Waals surface area (Å²) in [5.74, 6) is -0.408. The molecule has 1 aliphatic carbocycles. The van der Waals surface area contributed by atoms with Gasteiger partial charge < -0.3 is 5.11 Å². The Balaban J connectivity index is 2.29. The van der Waals surface area contributed by atoms with Gasteiger partial charge in [0.15, 0.2) is 5.69 Å². The first-order valence-corrected chi connectivity index (χ1v) is 6.77. The molecule has 1 aromatic heterocycles. The highest BCUT2D eigenvalue weighted by atomic mass is 32.1. The number of aromatic nitrogens is 1. The van der Waals surface area contributed by atoms with Gasteiger partial charge in [-0.15, -0.1) is 11.3 Å². The molecular weight excluding hydrogens is 222 g/mol. The van der Waals surface area contributed by atoms with E-state index in [2.05, 4.69) is 11.9 Å². The molecule has 0 aromatic carbocycles. The highest BCUT2D eigenvalue weighted by Gasteiger charge is 2.26. The smallest absolute Gasteiger partial charge is 0.355 e. The van der Waals surface area contributed by atoms with Crippen LogP contribution >= 0.6 is 11.3 Å². The molecule has 1 heterocycles. The van der Waals surface area contributed by atoms with Crippen molar-refractivity contribution in [2.45, 2.75) is 51.4 Å². The lowest BCUT2D eigenvalue weighted by Gasteiger charge is -2.05. The van der Waals surface area contributed by atoms with Gasteiger partial charge in [-0.2, -0.15) is 0 Å². The molecular formula is C12H17NO2S. The van der Waals surface area contributed by atoms with Gasteiger partial charge in [-0.05, 0) is 31.6 Å². The Morgan fingerprint density at radius 3 is 2.75 bits per heavy atom. The Hall–Kier alpha value is -0.900. The molecule has 1 saturated carbocycles. The summed E-state index contributed by atoms with van der Waals surface area (Å²) in [6.07, 6.45) is 6.64. The fourth-order valence-electron chi connectivity index (χ4n) is 2.32. The normalized spacial score (nSPS) is 16.8. The average molecular weight is 239 g/mol. The van der Waals surface area contributed by atoms with Crippen molar-refractivity contribution in [3.8, 4) is 0 Å². The van der Waals surface area contributed by atoms with E-state index >= 15 is 0 Å². The molecule has 4 heteroatoms. The van der Waals surface area contributed by atoms with E-state index in [0.717, 1.165) is 35.6 Å². The summed E-state index contributed by atoms with van der Waals surface area (Å²) >= 11 is 1.62. The third-order valence-corrected chi connectivity index (χ3v) is 4.37. The standard InChI is InChI=1S/C12H17NO2S/c1-2-5-9-13-10(12(14)15)11(16-9)8-6-3-4-7-8/h8H,2-7H2,1H3,(H,14,15). The summed E-state index contributed by atoms with van der Waals surface area (Å²) < 4.78 is 0. The molecule has 0 unspecified atom stereocenters. The van der Waals surface area contributed by atoms with Gasteiger partial charge in [-0.3, -0.25) is 0 Å². The van der Waals surface area contributed by atoms with Crippen LogP contribution in [0.15, 0.2) is 0 Å². The summed E-state index contributed by atoms with van der Waals surface area (Å²) in [5.41, 5.74) is 0.320. The van der Waals surface area contributed by atoms with Crippen molar-refractivity contribution < 1.29 is 9.90 Å². The van der Waals surface area contributed by atoms with E-state index in [1.54, 1.807) is 11.3 Å². The molecule has 0 saturated heterocycles. The van der Waals surface area contributed by atoms with Crippen molar-refractivity contribution >= 4 is 17.3 Å². The third-order valence-electron chi connectivity index (χ3n) is 3.09. The van der Waals surface area contributed by atoms with Gasteiger partial charge in [0.25, 0.3) is 0 Å². The molecule has 3 nitrogen and oxygen atoms in total. The molecule has 0 bridgehead atoms. The zero-order valence-corrected chi connectivity index (χ0v) is 10.3. The lowest BCUT2D eigenvalue weighted by Crippen LogP contribution is -2.03. The maximum absolute atomic E-state index is 11.1. The lowest BCUT2D eigenvalue weighted by atomic mass is 10.1. The van der Waals surface area contributed by atoms with Crippen LogP contribution < -0.4 is 0 Å². The zero-order chi connectivity index (χ0) is 11.5. The Morgan fingerprint density at radius 2 is 2.19 bits per heavy atom. The van der Waals surface area contributed by atoms with Gasteiger partial charge in [0.2, 0.25) is 0 Å². The molecule has 0 radical (unpaired) electrons. The van der Waals surface area contributed by atoms with Crippen LogP contribution in [0.2, 0.25) is 0 Å². The summed E-state index contributed by atoms with van der Waals surface area (Å²) in [4.78, 5) is 16.4. The second-order valence-corrected chi connectivity index (χ2v) is 5.47. The van der Waals surface area contributed by atoms with E-state index in [4.69, 9.17) is 5.11 Å². The maximum atomic E-state index is 11.1. The second-order valence-electron chi connectivity index (χ2n) is 4.36. The van der Waals surface area contributed by atoms with E-state index in [-0.39, 0.29) is 0 Å². The fourth-order valence-corrected chi connectivity index (χ4v) is 3.65. The number of aryl methyl sites for hydroxylation is 1. The van der Waals surface area contributed by atoms with Gasteiger partial charge in [-0.25, -0.2) is 9.78 Å². The number of carbonyl (C=O) groups is 1. The maximum Gasteiger partial charge on any atom is 0.355 e. The number of rotatable bonds is 4. The minimum absolute atomic E-state index is 0.320. The topological polar surface area (TPSA) is 50.2 Å². The van der Waals surface area contributed by atoms with E-state index in [9.17, 15) is 4.79 Å². The Bertz CT molecular complexity index is 380. The minimum Gasteiger partial charge on any atom is -0.476 e. The van der Waals surface area contributed by atoms with Gasteiger partial charge in [0.1, 0.15) is 0 Å². The van der Waals surface area contributed by atoms with Crippen molar-refractivity contribution in [1.82, 2.24) is 4.98 Å². The van der Waals surface area contributed by atoms with E-state index < -0.39 is 5.97 Å². The lowest BCUT2D eigenvalue weighted by molar-refractivity contribution is 0.0689. The first kappa shape index (κ1) is 11.6. The van der Waals surface area contributed by atoms with Crippen molar-refractivity contribution in [3.05, 3.63) is 15.6 Å². The number of hydrogen-bond acceptors (Lipinski definition) is 3. The van der Waals surface area contributed by atoms with Crippen LogP contribution in [-0.2, 0) is 6.42 Å². The summed E-state index contributed by atoms with van der Waals surface area (Å²) in [5, 5.41) is 10.1. The quantitative estimate of drug-likeness (QED) is 0.875. The van der Waals surface area contributed by atoms with Gasteiger partial charge in [0.05, 0.1) is 5.01 Å². The molecule has 1 aromatic rings. The monoisotopic (exact) mass is 239 g/mol. The molecule has 16 heavy (non-hydrogen) atoms.